The van der Waals surface area contributed by atoms with E-state index in [1.54, 1.807) is 6.20 Å². The number of hydrogen-bond acceptors (Lipinski definition) is 3. The Kier molecular flexibility index (Phi) is 5.88. The molecule has 2 rings (SSSR count). The normalized spacial score (nSPS) is 14.7. The number of para-hydroxylation sites is 1. The first-order valence-corrected chi connectivity index (χ1v) is 8.95. The number of carbonyl (C=O) groups excluding carboxylic acids is 2. The van der Waals surface area contributed by atoms with Crippen molar-refractivity contribution in [2.24, 2.45) is 0 Å². The molecule has 0 aliphatic carbocycles. The Labute approximate surface area is 142 Å². The third-order valence-electron chi connectivity index (χ3n) is 3.82. The van der Waals surface area contributed by atoms with Crippen LogP contribution >= 0.6 is 11.8 Å². The molecule has 2 amide bonds. The van der Waals surface area contributed by atoms with Gasteiger partial charge in [-0.1, -0.05) is 45.9 Å². The molecule has 0 bridgehead atoms. The number of hydrogen-bond donors (Lipinski definition) is 1. The van der Waals surface area contributed by atoms with Crippen LogP contribution in [0.3, 0.4) is 0 Å². The molecule has 23 heavy (non-hydrogen) atoms. The highest BCUT2D eigenvalue weighted by atomic mass is 32.2. The van der Waals surface area contributed by atoms with Gasteiger partial charge >= 0.3 is 0 Å². The molecule has 1 aromatic rings. The smallest absolute Gasteiger partial charge is 0.244 e. The van der Waals surface area contributed by atoms with Crippen LogP contribution in [0.5, 0.6) is 0 Å². The van der Waals surface area contributed by atoms with Crippen LogP contribution in [0.15, 0.2) is 29.8 Å². The molecule has 5 heteroatoms. The lowest BCUT2D eigenvalue weighted by molar-refractivity contribution is -0.129. The lowest BCUT2D eigenvalue weighted by atomic mass is 9.92. The van der Waals surface area contributed by atoms with Gasteiger partial charge < -0.3 is 10.2 Å². The van der Waals surface area contributed by atoms with Crippen molar-refractivity contribution in [2.75, 3.05) is 17.6 Å². The van der Waals surface area contributed by atoms with Crippen molar-refractivity contribution in [3.05, 3.63) is 40.9 Å². The van der Waals surface area contributed by atoms with Crippen LogP contribution in [-0.4, -0.2) is 29.0 Å². The topological polar surface area (TPSA) is 49.4 Å². The molecule has 0 unspecified atom stereocenters. The Morgan fingerprint density at radius 1 is 1.22 bits per heavy atom. The van der Waals surface area contributed by atoms with Crippen molar-refractivity contribution >= 4 is 29.3 Å². The first-order chi connectivity index (χ1) is 10.9. The molecule has 0 spiro atoms. The number of thioether (sulfide) groups is 1. The molecule has 0 saturated carbocycles. The highest BCUT2D eigenvalue weighted by molar-refractivity contribution is 8.02. The molecular weight excluding hydrogens is 308 g/mol. The van der Waals surface area contributed by atoms with Crippen LogP contribution in [0.2, 0.25) is 0 Å². The van der Waals surface area contributed by atoms with Gasteiger partial charge in [-0.2, -0.15) is 0 Å². The van der Waals surface area contributed by atoms with Crippen LogP contribution in [0.4, 0.5) is 5.69 Å². The van der Waals surface area contributed by atoms with Crippen molar-refractivity contribution in [1.29, 1.82) is 0 Å². The largest absolute Gasteiger partial charge is 0.324 e. The highest BCUT2D eigenvalue weighted by Gasteiger charge is 2.20. The molecule has 1 aromatic carbocycles. The van der Waals surface area contributed by atoms with E-state index >= 15 is 0 Å². The van der Waals surface area contributed by atoms with Gasteiger partial charge in [0.2, 0.25) is 11.8 Å². The van der Waals surface area contributed by atoms with Gasteiger partial charge in [0.05, 0.1) is 5.75 Å². The molecule has 0 radical (unpaired) electrons. The summed E-state index contributed by atoms with van der Waals surface area (Å²) in [6.45, 7) is 8.51. The average molecular weight is 332 g/mol. The molecule has 0 aromatic heterocycles. The number of benzene rings is 1. The van der Waals surface area contributed by atoms with Crippen LogP contribution in [0.25, 0.3) is 0 Å². The van der Waals surface area contributed by atoms with E-state index < -0.39 is 0 Å². The van der Waals surface area contributed by atoms with Crippen LogP contribution in [-0.2, 0) is 9.59 Å². The summed E-state index contributed by atoms with van der Waals surface area (Å²) in [5, 5.41) is 4.88. The van der Waals surface area contributed by atoms with Crippen molar-refractivity contribution in [2.45, 2.75) is 39.5 Å². The molecule has 0 saturated heterocycles. The molecule has 0 fully saturated rings. The van der Waals surface area contributed by atoms with E-state index in [0.717, 1.165) is 16.8 Å². The number of nitrogens with zero attached hydrogens (tertiary/aromatic N) is 1. The Morgan fingerprint density at radius 2 is 1.83 bits per heavy atom. The molecule has 124 valence electrons. The summed E-state index contributed by atoms with van der Waals surface area (Å²) in [5.41, 5.74) is 3.14. The van der Waals surface area contributed by atoms with Crippen LogP contribution < -0.4 is 5.32 Å². The highest BCUT2D eigenvalue weighted by Crippen LogP contribution is 2.32. The Morgan fingerprint density at radius 3 is 2.35 bits per heavy atom. The summed E-state index contributed by atoms with van der Waals surface area (Å²) in [7, 11) is 0. The zero-order chi connectivity index (χ0) is 17.0. The number of carbonyl (C=O) groups is 2. The second-order valence-corrected chi connectivity index (χ2v) is 7.18. The number of anilines is 1. The zero-order valence-corrected chi connectivity index (χ0v) is 14.9. The Bertz CT molecular complexity index is 597. The van der Waals surface area contributed by atoms with Gasteiger partial charge in [0, 0.05) is 11.9 Å². The summed E-state index contributed by atoms with van der Waals surface area (Å²) in [4.78, 5) is 25.7. The van der Waals surface area contributed by atoms with Crippen molar-refractivity contribution in [3.63, 3.8) is 0 Å². The number of rotatable bonds is 5. The van der Waals surface area contributed by atoms with Gasteiger partial charge in [0.15, 0.2) is 0 Å². The number of nitrogens with one attached hydrogen (secondary N) is 1. The van der Waals surface area contributed by atoms with Crippen LogP contribution in [0, 0.1) is 0 Å². The van der Waals surface area contributed by atoms with E-state index in [0.29, 0.717) is 17.6 Å². The fraction of sp³-hybridized carbons (Fsp3) is 0.444. The maximum Gasteiger partial charge on any atom is 0.244 e. The maximum absolute atomic E-state index is 12.4. The van der Waals surface area contributed by atoms with E-state index in [9.17, 15) is 9.59 Å². The third-order valence-corrected chi connectivity index (χ3v) is 4.54. The second kappa shape index (κ2) is 7.68. The summed E-state index contributed by atoms with van der Waals surface area (Å²) in [6.07, 6.45) is 1.67. The number of amides is 2. The second-order valence-electron chi connectivity index (χ2n) is 6.29. The first kappa shape index (κ1) is 17.6. The molecular formula is C18H24N2O2S. The molecule has 1 aliphatic heterocycles. The van der Waals surface area contributed by atoms with Gasteiger partial charge in [-0.3, -0.25) is 9.59 Å². The van der Waals surface area contributed by atoms with Crippen molar-refractivity contribution < 1.29 is 9.59 Å². The van der Waals surface area contributed by atoms with E-state index in [4.69, 9.17) is 0 Å². The Hall–Kier alpha value is -1.75. The van der Waals surface area contributed by atoms with E-state index in [1.165, 1.54) is 16.7 Å². The summed E-state index contributed by atoms with van der Waals surface area (Å²) in [5.74, 6) is 0.830. The maximum atomic E-state index is 12.4. The molecule has 1 N–H and O–H groups in total. The SMILES string of the molecule is CC(C)c1cccc(C(C)C)c1NC(=O)CN1C=CSCC1=O. The lowest BCUT2D eigenvalue weighted by Gasteiger charge is -2.23. The van der Waals surface area contributed by atoms with Gasteiger partial charge in [-0.15, -0.1) is 11.8 Å². The van der Waals surface area contributed by atoms with Crippen molar-refractivity contribution in [3.8, 4) is 0 Å². The van der Waals surface area contributed by atoms with E-state index in [-0.39, 0.29) is 18.4 Å². The quantitative estimate of drug-likeness (QED) is 0.889. The standard InChI is InChI=1S/C18H24N2O2S/c1-12(2)14-6-5-7-15(13(3)4)18(14)19-16(21)10-20-8-9-23-11-17(20)22/h5-9,12-13H,10-11H2,1-4H3,(H,19,21). The predicted molar refractivity (Wildman–Crippen MR) is 96.6 cm³/mol. The van der Waals surface area contributed by atoms with Gasteiger partial charge in [-0.05, 0) is 28.4 Å². The summed E-state index contributed by atoms with van der Waals surface area (Å²) in [6, 6.07) is 6.14. The minimum absolute atomic E-state index is 0.0334. The van der Waals surface area contributed by atoms with Crippen molar-refractivity contribution in [1.82, 2.24) is 4.90 Å². The molecule has 0 atom stereocenters. The first-order valence-electron chi connectivity index (χ1n) is 7.90. The fourth-order valence-corrected chi connectivity index (χ4v) is 3.21. The summed E-state index contributed by atoms with van der Waals surface area (Å²) >= 11 is 1.45. The van der Waals surface area contributed by atoms with E-state index in [1.807, 2.05) is 11.5 Å². The van der Waals surface area contributed by atoms with Crippen LogP contribution in [0.1, 0.15) is 50.7 Å². The van der Waals surface area contributed by atoms with E-state index in [2.05, 4.69) is 45.1 Å². The molecule has 1 aliphatic rings. The lowest BCUT2D eigenvalue weighted by Crippen LogP contribution is -2.36. The van der Waals surface area contributed by atoms with Gasteiger partial charge in [0.25, 0.3) is 0 Å². The minimum atomic E-state index is -0.162. The predicted octanol–water partition coefficient (Wildman–Crippen LogP) is 3.92. The zero-order valence-electron chi connectivity index (χ0n) is 14.1. The monoisotopic (exact) mass is 332 g/mol. The Balaban J connectivity index is 2.21. The molecule has 4 nitrogen and oxygen atoms in total. The average Bonchev–Trinajstić information content (AvgIpc) is 2.49. The molecule has 1 heterocycles. The summed E-state index contributed by atoms with van der Waals surface area (Å²) < 4.78 is 0. The third kappa shape index (κ3) is 4.38. The van der Waals surface area contributed by atoms with Gasteiger partial charge in [0.1, 0.15) is 6.54 Å². The van der Waals surface area contributed by atoms with Gasteiger partial charge in [-0.25, -0.2) is 0 Å². The fourth-order valence-electron chi connectivity index (χ4n) is 2.57. The minimum Gasteiger partial charge on any atom is -0.324 e.